The van der Waals surface area contributed by atoms with Gasteiger partial charge in [0.1, 0.15) is 0 Å². The summed E-state index contributed by atoms with van der Waals surface area (Å²) >= 11 is 0. The van der Waals surface area contributed by atoms with Crippen LogP contribution in [-0.4, -0.2) is 0 Å². The Morgan fingerprint density at radius 2 is 1.33 bits per heavy atom. The molecule has 12 heavy (non-hydrogen) atoms. The van der Waals surface area contributed by atoms with Crippen molar-refractivity contribution in [2.24, 2.45) is 0 Å². The van der Waals surface area contributed by atoms with E-state index in [1.54, 1.807) is 0 Å². The van der Waals surface area contributed by atoms with Crippen molar-refractivity contribution in [3.8, 4) is 0 Å². The molecule has 0 aromatic heterocycles. The zero-order valence-electron chi connectivity index (χ0n) is 7.66. The largest absolute Gasteiger partial charge is 4.00 e. The molecule has 74 valence electrons. The third kappa shape index (κ3) is 30.3. The fraction of sp³-hybridized carbons (Fsp3) is 0.125. The van der Waals surface area contributed by atoms with E-state index in [1.165, 1.54) is 0 Å². The van der Waals surface area contributed by atoms with Gasteiger partial charge in [-0.3, -0.25) is 6.08 Å². The molecule has 0 bridgehead atoms. The van der Waals surface area contributed by atoms with Crippen molar-refractivity contribution in [1.82, 2.24) is 0 Å². The van der Waals surface area contributed by atoms with Gasteiger partial charge in [0.05, 0.1) is 0 Å². The molecule has 0 amide bonds. The topological polar surface area (TPSA) is 0 Å². The Hall–Kier alpha value is 1.23. The molecular formula is C8H17Cl3Zr. The van der Waals surface area contributed by atoms with Gasteiger partial charge in [-0.1, -0.05) is 0 Å². The molecule has 0 fully saturated rings. The van der Waals surface area contributed by atoms with Crippen LogP contribution in [-0.2, 0) is 26.2 Å². The Morgan fingerprint density at radius 3 is 1.42 bits per heavy atom. The Balaban J connectivity index is -0.00000000714. The summed E-state index contributed by atoms with van der Waals surface area (Å²) in [6.45, 7) is 0. The van der Waals surface area contributed by atoms with E-state index in [2.05, 4.69) is 12.2 Å². The van der Waals surface area contributed by atoms with Crippen LogP contribution in [0.4, 0.5) is 0 Å². The summed E-state index contributed by atoms with van der Waals surface area (Å²) < 4.78 is 0. The van der Waals surface area contributed by atoms with Crippen LogP contribution in [0.2, 0.25) is 0 Å². The second-order valence-electron chi connectivity index (χ2n) is 1.00. The second kappa shape index (κ2) is 39.7. The van der Waals surface area contributed by atoms with E-state index in [0.717, 1.165) is 6.42 Å². The normalized spacial score (nSPS) is 7.33. The van der Waals surface area contributed by atoms with Crippen LogP contribution in [0.25, 0.3) is 0 Å². The molecule has 0 radical (unpaired) electrons. The van der Waals surface area contributed by atoms with Crippen molar-refractivity contribution in [3.05, 3.63) is 46.6 Å². The first-order chi connectivity index (χ1) is 2.50. The quantitative estimate of drug-likeness (QED) is 0.595. The van der Waals surface area contributed by atoms with Gasteiger partial charge in [-0.15, -0.1) is 43.6 Å². The van der Waals surface area contributed by atoms with E-state index in [1.807, 2.05) is 12.2 Å². The van der Waals surface area contributed by atoms with E-state index in [-0.39, 0.29) is 85.7 Å². The number of hydrogen-bond donors (Lipinski definition) is 0. The smallest absolute Gasteiger partial charge is 0.358 e. The van der Waals surface area contributed by atoms with Crippen LogP contribution in [0.1, 0.15) is 6.42 Å². The molecular weight excluding hydrogens is 294 g/mol. The van der Waals surface area contributed by atoms with Crippen LogP contribution in [0.15, 0.2) is 18.2 Å². The van der Waals surface area contributed by atoms with Crippen LogP contribution >= 0.6 is 37.2 Å². The maximum absolute atomic E-state index is 2.99. The van der Waals surface area contributed by atoms with Gasteiger partial charge in [-0.05, 0) is 0 Å². The average Bonchev–Trinajstić information content (AvgIpc) is 1.76. The molecule has 1 aliphatic rings. The standard InChI is InChI=1S/C5H5.3CH3.3ClH.Zr/c1-2-4-5-3-1;;;;;;;/h1-3H,4H2;3*1H3;3*1H;/q4*-1;;;;+4. The monoisotopic (exact) mass is 308 g/mol. The van der Waals surface area contributed by atoms with Gasteiger partial charge < -0.3 is 22.3 Å². The number of hydrogen-bond acceptors (Lipinski definition) is 0. The Kier molecular flexibility index (Phi) is 169. The fourth-order valence-corrected chi connectivity index (χ4v) is 0.340. The maximum atomic E-state index is 2.99. The number of allylic oxidation sites excluding steroid dienone is 4. The van der Waals surface area contributed by atoms with Crippen LogP contribution in [0.3, 0.4) is 0 Å². The van der Waals surface area contributed by atoms with Crippen molar-refractivity contribution in [2.75, 3.05) is 0 Å². The second-order valence-corrected chi connectivity index (χ2v) is 1.00. The molecule has 0 aliphatic heterocycles. The summed E-state index contributed by atoms with van der Waals surface area (Å²) in [5.41, 5.74) is 0. The van der Waals surface area contributed by atoms with Crippen molar-refractivity contribution in [2.45, 2.75) is 6.42 Å². The minimum Gasteiger partial charge on any atom is -0.358 e. The summed E-state index contributed by atoms with van der Waals surface area (Å²) in [7, 11) is 0. The van der Waals surface area contributed by atoms with Crippen LogP contribution in [0, 0.1) is 28.4 Å². The molecule has 0 saturated carbocycles. The average molecular weight is 311 g/mol. The zero-order chi connectivity index (χ0) is 3.54. The van der Waals surface area contributed by atoms with Gasteiger partial charge in [0.15, 0.2) is 0 Å². The van der Waals surface area contributed by atoms with Gasteiger partial charge in [0, 0.05) is 0 Å². The van der Waals surface area contributed by atoms with E-state index in [4.69, 9.17) is 0 Å². The van der Waals surface area contributed by atoms with Gasteiger partial charge in [-0.25, -0.2) is 12.2 Å². The molecule has 1 rings (SSSR count). The summed E-state index contributed by atoms with van der Waals surface area (Å²) in [6.07, 6.45) is 10.0. The molecule has 0 spiro atoms. The molecule has 0 nitrogen and oxygen atoms in total. The summed E-state index contributed by atoms with van der Waals surface area (Å²) in [5.74, 6) is 0. The molecule has 0 unspecified atom stereocenters. The zero-order valence-corrected chi connectivity index (χ0v) is 12.6. The molecule has 0 heterocycles. The maximum Gasteiger partial charge on any atom is 4.00 e. The Morgan fingerprint density at radius 1 is 0.917 bits per heavy atom. The summed E-state index contributed by atoms with van der Waals surface area (Å²) in [6, 6.07) is 0. The molecule has 1 aliphatic carbocycles. The minimum absolute atomic E-state index is 0. The Bertz CT molecular complexity index is 72.4. The van der Waals surface area contributed by atoms with Crippen molar-refractivity contribution < 1.29 is 26.2 Å². The minimum atomic E-state index is 0. The molecule has 4 heteroatoms. The van der Waals surface area contributed by atoms with Crippen LogP contribution < -0.4 is 0 Å². The fourth-order valence-electron chi connectivity index (χ4n) is 0.340. The number of rotatable bonds is 0. The molecule has 0 N–H and O–H groups in total. The van der Waals surface area contributed by atoms with E-state index in [0.29, 0.717) is 0 Å². The molecule has 0 aromatic rings. The van der Waals surface area contributed by atoms with E-state index < -0.39 is 0 Å². The van der Waals surface area contributed by atoms with Gasteiger partial charge in [0.25, 0.3) is 0 Å². The van der Waals surface area contributed by atoms with Crippen molar-refractivity contribution >= 4 is 37.2 Å². The third-order valence-electron chi connectivity index (χ3n) is 0.586. The summed E-state index contributed by atoms with van der Waals surface area (Å²) in [5, 5.41) is 0. The Labute approximate surface area is 116 Å². The molecule has 0 atom stereocenters. The molecule has 0 saturated heterocycles. The first kappa shape index (κ1) is 51.0. The first-order valence-electron chi connectivity index (χ1n) is 1.72. The predicted octanol–water partition coefficient (Wildman–Crippen LogP) is 3.92. The van der Waals surface area contributed by atoms with Gasteiger partial charge in [0.2, 0.25) is 0 Å². The van der Waals surface area contributed by atoms with E-state index >= 15 is 0 Å². The van der Waals surface area contributed by atoms with Crippen LogP contribution in [0.5, 0.6) is 0 Å². The van der Waals surface area contributed by atoms with Crippen molar-refractivity contribution in [3.63, 3.8) is 0 Å². The predicted molar refractivity (Wildman–Crippen MR) is 62.6 cm³/mol. The number of halogens is 3. The van der Waals surface area contributed by atoms with E-state index in [9.17, 15) is 0 Å². The van der Waals surface area contributed by atoms with Gasteiger partial charge in [-0.2, -0.15) is 6.08 Å². The molecule has 0 aromatic carbocycles. The van der Waals surface area contributed by atoms with Gasteiger partial charge >= 0.3 is 26.2 Å². The van der Waals surface area contributed by atoms with Crippen molar-refractivity contribution in [1.29, 1.82) is 0 Å². The third-order valence-corrected chi connectivity index (χ3v) is 0.586. The SMILES string of the molecule is Cl.Cl.Cl.[C-]1=CC=CC1.[CH3-].[CH3-].[CH3-].[Zr+4]. The summed E-state index contributed by atoms with van der Waals surface area (Å²) in [4.78, 5) is 0. The first-order valence-corrected chi connectivity index (χ1v) is 1.72.